The van der Waals surface area contributed by atoms with Crippen LogP contribution in [0.5, 0.6) is 5.75 Å². The summed E-state index contributed by atoms with van der Waals surface area (Å²) >= 11 is 0. The van der Waals surface area contributed by atoms with Gasteiger partial charge in [-0.15, -0.1) is 0 Å². The van der Waals surface area contributed by atoms with E-state index in [4.69, 9.17) is 9.47 Å². The van der Waals surface area contributed by atoms with Gasteiger partial charge in [0.1, 0.15) is 18.5 Å². The number of aliphatic hydroxyl groups is 1. The molecule has 3 heterocycles. The van der Waals surface area contributed by atoms with E-state index < -0.39 is 6.10 Å². The van der Waals surface area contributed by atoms with Crippen molar-refractivity contribution in [2.45, 2.75) is 32.0 Å². The fourth-order valence-electron chi connectivity index (χ4n) is 4.30. The summed E-state index contributed by atoms with van der Waals surface area (Å²) in [7, 11) is 0. The largest absolute Gasteiger partial charge is 0.491 e. The summed E-state index contributed by atoms with van der Waals surface area (Å²) in [5.74, 6) is 1.51. The summed E-state index contributed by atoms with van der Waals surface area (Å²) in [6, 6.07) is 8.23. The zero-order valence-corrected chi connectivity index (χ0v) is 17.7. The minimum atomic E-state index is -0.469. The van der Waals surface area contributed by atoms with Crippen molar-refractivity contribution in [3.05, 3.63) is 48.5 Å². The van der Waals surface area contributed by atoms with Gasteiger partial charge in [-0.25, -0.2) is 4.98 Å². The van der Waals surface area contributed by atoms with Gasteiger partial charge in [-0.1, -0.05) is 12.1 Å². The molecule has 0 amide bonds. The number of benzene rings is 1. The standard InChI is InChI=1S/C23H34N4O3/c28-22(17-25-8-5-21(6-9-25)16-27-10-7-24-19-27)18-30-23-3-1-20(2-4-23)15-26-11-13-29-14-12-26/h1-4,7,10,19,21-22,28H,5-6,8-9,11-18H2. The molecule has 2 fully saturated rings. The van der Waals surface area contributed by atoms with E-state index in [-0.39, 0.29) is 0 Å². The normalized spacial score (nSPS) is 20.3. The average molecular weight is 415 g/mol. The zero-order chi connectivity index (χ0) is 20.6. The van der Waals surface area contributed by atoms with E-state index in [1.165, 1.54) is 5.56 Å². The Labute approximate surface area is 179 Å². The van der Waals surface area contributed by atoms with E-state index in [0.717, 1.165) is 71.1 Å². The first-order chi connectivity index (χ1) is 14.7. The maximum atomic E-state index is 10.4. The number of hydrogen-bond donors (Lipinski definition) is 1. The fourth-order valence-corrected chi connectivity index (χ4v) is 4.30. The molecule has 2 aliphatic rings. The molecule has 2 aliphatic heterocycles. The molecule has 1 atom stereocenters. The van der Waals surface area contributed by atoms with Crippen molar-refractivity contribution in [3.63, 3.8) is 0 Å². The zero-order valence-electron chi connectivity index (χ0n) is 17.7. The molecule has 2 saturated heterocycles. The monoisotopic (exact) mass is 414 g/mol. The van der Waals surface area contributed by atoms with Crippen molar-refractivity contribution >= 4 is 0 Å². The average Bonchev–Trinajstić information content (AvgIpc) is 3.28. The minimum absolute atomic E-state index is 0.331. The van der Waals surface area contributed by atoms with Gasteiger partial charge in [0.15, 0.2) is 0 Å². The van der Waals surface area contributed by atoms with E-state index in [2.05, 4.69) is 31.5 Å². The number of aliphatic hydroxyl groups excluding tert-OH is 1. The number of rotatable bonds is 9. The summed E-state index contributed by atoms with van der Waals surface area (Å²) in [6.07, 6.45) is 7.62. The Bertz CT molecular complexity index is 723. The summed E-state index contributed by atoms with van der Waals surface area (Å²) in [4.78, 5) is 8.87. The minimum Gasteiger partial charge on any atom is -0.491 e. The Morgan fingerprint density at radius 3 is 2.53 bits per heavy atom. The van der Waals surface area contributed by atoms with Crippen molar-refractivity contribution < 1.29 is 14.6 Å². The van der Waals surface area contributed by atoms with Gasteiger partial charge in [0.05, 0.1) is 19.5 Å². The Hall–Kier alpha value is -1.93. The molecule has 0 spiro atoms. The molecule has 30 heavy (non-hydrogen) atoms. The summed E-state index contributed by atoms with van der Waals surface area (Å²) < 4.78 is 13.4. The highest BCUT2D eigenvalue weighted by Gasteiger charge is 2.21. The number of morpholine rings is 1. The molecule has 2 aromatic rings. The van der Waals surface area contributed by atoms with Gasteiger partial charge >= 0.3 is 0 Å². The molecule has 1 aromatic carbocycles. The van der Waals surface area contributed by atoms with Crippen molar-refractivity contribution in [3.8, 4) is 5.75 Å². The molecule has 1 aromatic heterocycles. The molecule has 4 rings (SSSR count). The molecule has 1 unspecified atom stereocenters. The molecular weight excluding hydrogens is 380 g/mol. The van der Waals surface area contributed by atoms with Crippen molar-refractivity contribution in [1.29, 1.82) is 0 Å². The van der Waals surface area contributed by atoms with E-state index in [0.29, 0.717) is 19.1 Å². The highest BCUT2D eigenvalue weighted by Crippen LogP contribution is 2.20. The lowest BCUT2D eigenvalue weighted by Gasteiger charge is -2.33. The predicted octanol–water partition coefficient (Wildman–Crippen LogP) is 1.87. The molecule has 0 aliphatic carbocycles. The number of imidazole rings is 1. The van der Waals surface area contributed by atoms with Gasteiger partial charge in [-0.05, 0) is 49.5 Å². The third kappa shape index (κ3) is 6.54. The van der Waals surface area contributed by atoms with Crippen LogP contribution in [0.2, 0.25) is 0 Å². The second kappa shape index (κ2) is 10.9. The Morgan fingerprint density at radius 1 is 1.07 bits per heavy atom. The van der Waals surface area contributed by atoms with Crippen LogP contribution in [0.25, 0.3) is 0 Å². The van der Waals surface area contributed by atoms with Crippen LogP contribution < -0.4 is 4.74 Å². The topological polar surface area (TPSA) is 63.0 Å². The van der Waals surface area contributed by atoms with Gasteiger partial charge in [0.25, 0.3) is 0 Å². The number of ether oxygens (including phenoxy) is 2. The molecule has 164 valence electrons. The Morgan fingerprint density at radius 2 is 1.83 bits per heavy atom. The number of β-amino-alcohol motifs (C(OH)–C–C–N with tert-alkyl or cyclic N) is 1. The van der Waals surface area contributed by atoms with Crippen LogP contribution in [-0.4, -0.2) is 83.1 Å². The van der Waals surface area contributed by atoms with Crippen molar-refractivity contribution in [2.24, 2.45) is 5.92 Å². The second-order valence-electron chi connectivity index (χ2n) is 8.50. The van der Waals surface area contributed by atoms with Gasteiger partial charge in [0.2, 0.25) is 0 Å². The highest BCUT2D eigenvalue weighted by molar-refractivity contribution is 5.27. The summed E-state index contributed by atoms with van der Waals surface area (Å²) in [6.45, 7) is 8.69. The van der Waals surface area contributed by atoms with Crippen LogP contribution in [0, 0.1) is 5.92 Å². The van der Waals surface area contributed by atoms with Gasteiger partial charge in [0, 0.05) is 45.1 Å². The van der Waals surface area contributed by atoms with Crippen LogP contribution in [0.4, 0.5) is 0 Å². The third-order valence-corrected chi connectivity index (χ3v) is 6.08. The first kappa shape index (κ1) is 21.3. The Kier molecular flexibility index (Phi) is 7.75. The molecule has 7 nitrogen and oxygen atoms in total. The number of hydrogen-bond acceptors (Lipinski definition) is 6. The van der Waals surface area contributed by atoms with Crippen molar-refractivity contribution in [2.75, 3.05) is 52.5 Å². The lowest BCUT2D eigenvalue weighted by molar-refractivity contribution is 0.0341. The van der Waals surface area contributed by atoms with E-state index >= 15 is 0 Å². The molecule has 7 heteroatoms. The van der Waals surface area contributed by atoms with Crippen molar-refractivity contribution in [1.82, 2.24) is 19.4 Å². The number of nitrogens with zero attached hydrogens (tertiary/aromatic N) is 4. The number of piperidine rings is 1. The molecule has 0 saturated carbocycles. The van der Waals surface area contributed by atoms with Crippen LogP contribution in [0.15, 0.2) is 43.0 Å². The predicted molar refractivity (Wildman–Crippen MR) is 115 cm³/mol. The lowest BCUT2D eigenvalue weighted by Crippen LogP contribution is -2.41. The highest BCUT2D eigenvalue weighted by atomic mass is 16.5. The summed E-state index contributed by atoms with van der Waals surface area (Å²) in [5.41, 5.74) is 1.28. The number of aromatic nitrogens is 2. The first-order valence-corrected chi connectivity index (χ1v) is 11.1. The van der Waals surface area contributed by atoms with Crippen LogP contribution in [0.1, 0.15) is 18.4 Å². The van der Waals surface area contributed by atoms with Crippen LogP contribution in [-0.2, 0) is 17.8 Å². The van der Waals surface area contributed by atoms with Gasteiger partial charge in [-0.3, -0.25) is 4.90 Å². The Balaban J connectivity index is 1.13. The third-order valence-electron chi connectivity index (χ3n) is 6.08. The maximum absolute atomic E-state index is 10.4. The van der Waals surface area contributed by atoms with Gasteiger partial charge in [-0.2, -0.15) is 0 Å². The molecule has 0 radical (unpaired) electrons. The smallest absolute Gasteiger partial charge is 0.119 e. The van der Waals surface area contributed by atoms with Crippen LogP contribution in [0.3, 0.4) is 0 Å². The second-order valence-corrected chi connectivity index (χ2v) is 8.50. The number of likely N-dealkylation sites (tertiary alicyclic amines) is 1. The molecular formula is C23H34N4O3. The van der Waals surface area contributed by atoms with Gasteiger partial charge < -0.3 is 24.0 Å². The van der Waals surface area contributed by atoms with E-state index in [1.807, 2.05) is 30.9 Å². The molecule has 1 N–H and O–H groups in total. The van der Waals surface area contributed by atoms with E-state index in [1.54, 1.807) is 0 Å². The maximum Gasteiger partial charge on any atom is 0.119 e. The summed E-state index contributed by atoms with van der Waals surface area (Å²) in [5, 5.41) is 10.4. The quantitative estimate of drug-likeness (QED) is 0.676. The SMILES string of the molecule is OC(COc1ccc(CN2CCOCC2)cc1)CN1CCC(Cn2ccnc2)CC1. The molecule has 0 bridgehead atoms. The van der Waals surface area contributed by atoms with E-state index in [9.17, 15) is 5.11 Å². The van der Waals surface area contributed by atoms with Crippen LogP contribution >= 0.6 is 0 Å². The first-order valence-electron chi connectivity index (χ1n) is 11.1. The lowest BCUT2D eigenvalue weighted by atomic mass is 9.96. The fraction of sp³-hybridized carbons (Fsp3) is 0.609.